The molecule has 0 amide bonds. The molecule has 0 heterocycles. The molecule has 0 aromatic heterocycles. The van der Waals surface area contributed by atoms with Gasteiger partial charge in [-0.3, -0.25) is 0 Å². The molecule has 0 saturated heterocycles. The second-order valence-corrected chi connectivity index (χ2v) is 14.8. The van der Waals surface area contributed by atoms with E-state index in [2.05, 4.69) is 240 Å². The van der Waals surface area contributed by atoms with Crippen LogP contribution in [-0.2, 0) is 0 Å². The van der Waals surface area contributed by atoms with E-state index >= 15 is 0 Å². The Labute approximate surface area is 340 Å². The van der Waals surface area contributed by atoms with E-state index in [4.69, 9.17) is 0 Å². The monoisotopic (exact) mass is 742 g/mol. The molecule has 2 nitrogen and oxygen atoms in total. The molecule has 9 aromatic rings. The molecule has 0 aliphatic heterocycles. The van der Waals surface area contributed by atoms with Crippen LogP contribution in [0.3, 0.4) is 0 Å². The van der Waals surface area contributed by atoms with Crippen molar-refractivity contribution in [2.24, 2.45) is 0 Å². The zero-order valence-electron chi connectivity index (χ0n) is 32.2. The number of rotatable bonds is 9. The van der Waals surface area contributed by atoms with Crippen molar-refractivity contribution in [1.82, 2.24) is 0 Å². The minimum atomic E-state index is 0.906. The van der Waals surface area contributed by atoms with Crippen molar-refractivity contribution < 1.29 is 0 Å². The van der Waals surface area contributed by atoms with E-state index < -0.39 is 0 Å². The number of hydrogen-bond acceptors (Lipinski definition) is 2. The third-order valence-electron chi connectivity index (χ3n) is 11.3. The van der Waals surface area contributed by atoms with Crippen LogP contribution in [0.25, 0.3) is 54.9 Å². The Morgan fingerprint density at radius 2 is 0.603 bits per heavy atom. The number of fused-ring (bicyclic) bond motifs is 2. The van der Waals surface area contributed by atoms with Gasteiger partial charge in [0, 0.05) is 34.1 Å². The molecule has 0 unspecified atom stereocenters. The van der Waals surface area contributed by atoms with Crippen molar-refractivity contribution in [3.8, 4) is 33.4 Å². The Morgan fingerprint density at radius 1 is 0.259 bits per heavy atom. The molecule has 0 bridgehead atoms. The summed E-state index contributed by atoms with van der Waals surface area (Å²) in [6.07, 6.45) is 6.43. The summed E-state index contributed by atoms with van der Waals surface area (Å²) in [6, 6.07) is 78.8. The summed E-state index contributed by atoms with van der Waals surface area (Å²) >= 11 is 0. The smallest absolute Gasteiger partial charge is 0.0458 e. The van der Waals surface area contributed by atoms with E-state index in [1.165, 1.54) is 77.7 Å². The van der Waals surface area contributed by atoms with E-state index in [0.717, 1.165) is 24.2 Å². The average molecular weight is 743 g/mol. The number of allylic oxidation sites excluding steroid dienone is 4. The number of anilines is 4. The topological polar surface area (TPSA) is 6.48 Å². The van der Waals surface area contributed by atoms with Crippen LogP contribution in [0.4, 0.5) is 22.7 Å². The lowest BCUT2D eigenvalue weighted by Crippen LogP contribution is -2.22. The van der Waals surface area contributed by atoms with Crippen molar-refractivity contribution in [2.75, 3.05) is 9.80 Å². The normalized spacial score (nSPS) is 12.6. The van der Waals surface area contributed by atoms with Crippen molar-refractivity contribution in [3.63, 3.8) is 0 Å². The average Bonchev–Trinajstić information content (AvgIpc) is 3.30. The van der Waals surface area contributed by atoms with E-state index in [1.54, 1.807) is 0 Å². The highest BCUT2D eigenvalue weighted by molar-refractivity contribution is 6.22. The van der Waals surface area contributed by atoms with Gasteiger partial charge in [-0.05, 0) is 135 Å². The summed E-state index contributed by atoms with van der Waals surface area (Å²) < 4.78 is 0. The van der Waals surface area contributed by atoms with E-state index in [-0.39, 0.29) is 0 Å². The minimum Gasteiger partial charge on any atom is -0.314 e. The van der Waals surface area contributed by atoms with E-state index in [9.17, 15) is 0 Å². The summed E-state index contributed by atoms with van der Waals surface area (Å²) in [7, 11) is 0. The molecule has 276 valence electrons. The summed E-state index contributed by atoms with van der Waals surface area (Å²) in [4.78, 5) is 4.80. The lowest BCUT2D eigenvalue weighted by Gasteiger charge is -2.33. The molecule has 0 saturated carbocycles. The Kier molecular flexibility index (Phi) is 9.43. The number of para-hydroxylation sites is 3. The van der Waals surface area contributed by atoms with Crippen LogP contribution in [0, 0.1) is 0 Å². The molecule has 1 aliphatic rings. The summed E-state index contributed by atoms with van der Waals surface area (Å²) in [6.45, 7) is 0. The Hall–Kier alpha value is -7.42. The quantitative estimate of drug-likeness (QED) is 0.136. The van der Waals surface area contributed by atoms with Gasteiger partial charge in [-0.15, -0.1) is 0 Å². The van der Waals surface area contributed by atoms with Gasteiger partial charge >= 0.3 is 0 Å². The molecule has 10 rings (SSSR count). The maximum absolute atomic E-state index is 2.42. The lowest BCUT2D eigenvalue weighted by molar-refractivity contribution is 0.851. The molecular weight excluding hydrogens is 701 g/mol. The zero-order valence-corrected chi connectivity index (χ0v) is 32.2. The van der Waals surface area contributed by atoms with Gasteiger partial charge in [0.25, 0.3) is 0 Å². The molecule has 0 N–H and O–H groups in total. The molecule has 58 heavy (non-hydrogen) atoms. The number of hydrogen-bond donors (Lipinski definition) is 0. The van der Waals surface area contributed by atoms with Crippen LogP contribution in [0.1, 0.15) is 12.8 Å². The van der Waals surface area contributed by atoms with Gasteiger partial charge in [-0.25, -0.2) is 0 Å². The fourth-order valence-electron chi connectivity index (χ4n) is 8.67. The van der Waals surface area contributed by atoms with Gasteiger partial charge in [-0.2, -0.15) is 0 Å². The second kappa shape index (κ2) is 15.6. The van der Waals surface area contributed by atoms with Crippen LogP contribution in [0.2, 0.25) is 0 Å². The molecule has 0 atom stereocenters. The maximum atomic E-state index is 2.42. The van der Waals surface area contributed by atoms with Crippen molar-refractivity contribution >= 4 is 44.3 Å². The maximum Gasteiger partial charge on any atom is 0.0458 e. The summed E-state index contributed by atoms with van der Waals surface area (Å²) in [5.74, 6) is 0. The highest BCUT2D eigenvalue weighted by atomic mass is 15.2. The van der Waals surface area contributed by atoms with Gasteiger partial charge in [0.05, 0.1) is 0 Å². The van der Waals surface area contributed by atoms with Crippen LogP contribution < -0.4 is 9.80 Å². The highest BCUT2D eigenvalue weighted by Crippen LogP contribution is 2.45. The van der Waals surface area contributed by atoms with Crippen LogP contribution >= 0.6 is 0 Å². The van der Waals surface area contributed by atoms with E-state index in [1.807, 2.05) is 0 Å². The Balaban J connectivity index is 1.06. The van der Waals surface area contributed by atoms with Gasteiger partial charge in [-0.1, -0.05) is 164 Å². The lowest BCUT2D eigenvalue weighted by atomic mass is 9.85. The number of benzene rings is 9. The molecule has 0 radical (unpaired) electrons. The van der Waals surface area contributed by atoms with Gasteiger partial charge in [0.2, 0.25) is 0 Å². The van der Waals surface area contributed by atoms with Gasteiger partial charge < -0.3 is 9.80 Å². The largest absolute Gasteiger partial charge is 0.314 e. The molecule has 0 fully saturated rings. The third-order valence-corrected chi connectivity index (χ3v) is 11.3. The highest BCUT2D eigenvalue weighted by Gasteiger charge is 2.22. The number of nitrogens with zero attached hydrogens (tertiary/aromatic N) is 2. The first-order valence-electron chi connectivity index (χ1n) is 20.1. The molecular formula is C56H42N2. The van der Waals surface area contributed by atoms with E-state index in [0.29, 0.717) is 0 Å². The predicted molar refractivity (Wildman–Crippen MR) is 247 cm³/mol. The van der Waals surface area contributed by atoms with Crippen molar-refractivity contribution in [2.45, 2.75) is 12.8 Å². The molecule has 1 aliphatic carbocycles. The second-order valence-electron chi connectivity index (χ2n) is 14.8. The Morgan fingerprint density at radius 3 is 1.03 bits per heavy atom. The van der Waals surface area contributed by atoms with Crippen molar-refractivity contribution in [1.29, 1.82) is 0 Å². The first kappa shape index (κ1) is 35.0. The molecule has 0 spiro atoms. The summed E-state index contributed by atoms with van der Waals surface area (Å²) in [5, 5.41) is 5.05. The minimum absolute atomic E-state index is 0.906. The zero-order chi connectivity index (χ0) is 38.7. The first-order chi connectivity index (χ1) is 28.8. The van der Waals surface area contributed by atoms with Crippen LogP contribution in [0.5, 0.6) is 0 Å². The third kappa shape index (κ3) is 6.65. The van der Waals surface area contributed by atoms with Crippen LogP contribution in [-0.4, -0.2) is 0 Å². The SMILES string of the molecule is C1=C(N(c2ccccc2)c2ccccc2)CCC(N(c2ccccc2)c2ccc(-c3ccc4c(-c5ccccc5)c5ccccc5c(-c5ccccc5)c4c3)cc2)=C1. The Bertz CT molecular complexity index is 2860. The van der Waals surface area contributed by atoms with Gasteiger partial charge in [0.15, 0.2) is 0 Å². The van der Waals surface area contributed by atoms with Crippen LogP contribution in [0.15, 0.2) is 242 Å². The molecule has 9 aromatic carbocycles. The van der Waals surface area contributed by atoms with Gasteiger partial charge in [0.1, 0.15) is 0 Å². The fourth-order valence-corrected chi connectivity index (χ4v) is 8.67. The summed E-state index contributed by atoms with van der Waals surface area (Å²) in [5.41, 5.74) is 14.6. The fraction of sp³-hybridized carbons (Fsp3) is 0.0357. The first-order valence-corrected chi connectivity index (χ1v) is 20.1. The van der Waals surface area contributed by atoms with Crippen molar-refractivity contribution in [3.05, 3.63) is 242 Å². The molecule has 2 heteroatoms. The predicted octanol–water partition coefficient (Wildman–Crippen LogP) is 15.5. The standard InChI is InChI=1S/C56H42N2/c1-6-18-42(19-7-1)55-51-28-16-17-29-52(51)56(43-20-8-2-9-21-43)54-40-44(32-39-53(54)55)41-30-33-48(34-31-41)58(47-26-14-5-15-27-47)50-37-35-49(36-38-50)57(45-22-10-3-11-23-45)46-24-12-4-13-25-46/h1-35,37,39-40H,36,38H2.